The number of carbonyl (C=O) groups is 1. The Bertz CT molecular complexity index is 341. The highest BCUT2D eigenvalue weighted by molar-refractivity contribution is 5.88. The van der Waals surface area contributed by atoms with Crippen LogP contribution in [0, 0.1) is 5.41 Å². The smallest absolute Gasteiger partial charge is 0.181 e. The van der Waals surface area contributed by atoms with Gasteiger partial charge in [0.2, 0.25) is 0 Å². The number of carbonyl (C=O) groups excluding carboxylic acids is 1. The number of fused-ring (bicyclic) bond motifs is 1. The van der Waals surface area contributed by atoms with Gasteiger partial charge in [0, 0.05) is 12.8 Å². The third kappa shape index (κ3) is 1.59. The normalized spacial score (nSPS) is 36.6. The predicted octanol–water partition coefficient (Wildman–Crippen LogP) is 2.60. The first-order valence-corrected chi connectivity index (χ1v) is 6.75. The van der Waals surface area contributed by atoms with Crippen LogP contribution in [0.2, 0.25) is 0 Å². The second-order valence-electron chi connectivity index (χ2n) is 5.40. The molecule has 0 aromatic carbocycles. The molecule has 1 heterocycles. The van der Waals surface area contributed by atoms with E-state index >= 15 is 0 Å². The summed E-state index contributed by atoms with van der Waals surface area (Å²) in [6, 6.07) is 0. The molecule has 3 heteroatoms. The van der Waals surface area contributed by atoms with Crippen molar-refractivity contribution in [2.24, 2.45) is 5.41 Å². The molecular weight excluding hydrogens is 216 g/mol. The Morgan fingerprint density at radius 2 is 1.76 bits per heavy atom. The van der Waals surface area contributed by atoms with Gasteiger partial charge in [-0.3, -0.25) is 4.79 Å². The number of hydrogen-bond acceptors (Lipinski definition) is 3. The Labute approximate surface area is 102 Å². The summed E-state index contributed by atoms with van der Waals surface area (Å²) in [5.74, 6) is -0.283. The quantitative estimate of drug-likeness (QED) is 0.606. The fraction of sp³-hybridized carbons (Fsp3) is 0.786. The first kappa shape index (κ1) is 11.4. The summed E-state index contributed by atoms with van der Waals surface area (Å²) >= 11 is 0. The van der Waals surface area contributed by atoms with Crippen LogP contribution in [0.15, 0.2) is 12.2 Å². The predicted molar refractivity (Wildman–Crippen MR) is 63.5 cm³/mol. The molecule has 2 spiro atoms. The molecule has 1 saturated carbocycles. The van der Waals surface area contributed by atoms with Crippen LogP contribution in [0.5, 0.6) is 0 Å². The minimum Gasteiger partial charge on any atom is -0.346 e. The zero-order valence-corrected chi connectivity index (χ0v) is 10.2. The second-order valence-corrected chi connectivity index (χ2v) is 5.40. The van der Waals surface area contributed by atoms with Crippen molar-refractivity contribution in [2.75, 3.05) is 13.2 Å². The summed E-state index contributed by atoms with van der Waals surface area (Å²) in [4.78, 5) is 12.5. The van der Waals surface area contributed by atoms with E-state index in [9.17, 15) is 4.79 Å². The van der Waals surface area contributed by atoms with Gasteiger partial charge < -0.3 is 9.47 Å². The molecule has 17 heavy (non-hydrogen) atoms. The average Bonchev–Trinajstić information content (AvgIpc) is 2.73. The topological polar surface area (TPSA) is 35.5 Å². The fourth-order valence-corrected chi connectivity index (χ4v) is 3.66. The lowest BCUT2D eigenvalue weighted by molar-refractivity contribution is -0.236. The molecule has 1 atom stereocenters. The Morgan fingerprint density at radius 1 is 1.00 bits per heavy atom. The van der Waals surface area contributed by atoms with Gasteiger partial charge in [-0.05, 0) is 19.3 Å². The highest BCUT2D eigenvalue weighted by Crippen LogP contribution is 2.52. The molecule has 0 N–H and O–H groups in total. The van der Waals surface area contributed by atoms with Crippen molar-refractivity contribution in [1.29, 1.82) is 0 Å². The molecule has 0 amide bonds. The first-order chi connectivity index (χ1) is 8.29. The maximum atomic E-state index is 12.5. The monoisotopic (exact) mass is 236 g/mol. The van der Waals surface area contributed by atoms with E-state index in [1.807, 2.05) is 6.08 Å². The van der Waals surface area contributed by atoms with Crippen molar-refractivity contribution in [3.8, 4) is 0 Å². The molecule has 0 unspecified atom stereocenters. The van der Waals surface area contributed by atoms with E-state index in [1.54, 1.807) is 0 Å². The van der Waals surface area contributed by atoms with Gasteiger partial charge in [0.05, 0.1) is 18.6 Å². The number of ether oxygens (including phenoxy) is 2. The van der Waals surface area contributed by atoms with Crippen molar-refractivity contribution in [3.63, 3.8) is 0 Å². The van der Waals surface area contributed by atoms with Gasteiger partial charge in [-0.25, -0.2) is 0 Å². The highest BCUT2D eigenvalue weighted by Gasteiger charge is 2.59. The van der Waals surface area contributed by atoms with Crippen molar-refractivity contribution < 1.29 is 14.3 Å². The minimum atomic E-state index is -0.606. The van der Waals surface area contributed by atoms with Crippen LogP contribution in [0.3, 0.4) is 0 Å². The van der Waals surface area contributed by atoms with Crippen LogP contribution in [-0.4, -0.2) is 24.8 Å². The summed E-state index contributed by atoms with van der Waals surface area (Å²) in [5.41, 5.74) is -0.394. The summed E-state index contributed by atoms with van der Waals surface area (Å²) < 4.78 is 11.9. The van der Waals surface area contributed by atoms with Gasteiger partial charge >= 0.3 is 0 Å². The number of Topliss-reactive ketones (excluding diaryl/α,β-unsaturated/α-hetero) is 1. The molecule has 94 valence electrons. The Hall–Kier alpha value is -0.670. The Balaban J connectivity index is 2.02. The molecule has 2 aliphatic carbocycles. The number of hydrogen-bond donors (Lipinski definition) is 0. The van der Waals surface area contributed by atoms with Crippen molar-refractivity contribution in [1.82, 2.24) is 0 Å². The lowest BCUT2D eigenvalue weighted by atomic mass is 9.66. The first-order valence-electron chi connectivity index (χ1n) is 6.75. The van der Waals surface area contributed by atoms with E-state index in [2.05, 4.69) is 6.08 Å². The van der Waals surface area contributed by atoms with Crippen molar-refractivity contribution in [2.45, 2.75) is 50.7 Å². The summed E-state index contributed by atoms with van der Waals surface area (Å²) in [6.07, 6.45) is 10.7. The summed E-state index contributed by atoms with van der Waals surface area (Å²) in [5, 5.41) is 0. The lowest BCUT2D eigenvalue weighted by Gasteiger charge is -2.45. The number of ketones is 1. The van der Waals surface area contributed by atoms with E-state index in [4.69, 9.17) is 9.47 Å². The van der Waals surface area contributed by atoms with Crippen molar-refractivity contribution in [3.05, 3.63) is 12.2 Å². The highest BCUT2D eigenvalue weighted by atomic mass is 16.7. The number of rotatable bonds is 0. The van der Waals surface area contributed by atoms with E-state index in [0.29, 0.717) is 25.4 Å². The van der Waals surface area contributed by atoms with Crippen LogP contribution in [0.1, 0.15) is 44.9 Å². The van der Waals surface area contributed by atoms with Gasteiger partial charge in [-0.1, -0.05) is 25.0 Å². The van der Waals surface area contributed by atoms with Gasteiger partial charge in [0.15, 0.2) is 5.79 Å². The van der Waals surface area contributed by atoms with Crippen molar-refractivity contribution >= 4 is 5.78 Å². The third-order valence-electron chi connectivity index (χ3n) is 4.56. The molecule has 3 aliphatic rings. The Kier molecular flexibility index (Phi) is 2.83. The summed E-state index contributed by atoms with van der Waals surface area (Å²) in [7, 11) is 0. The zero-order chi connectivity index (χ0) is 11.8. The maximum absolute atomic E-state index is 12.5. The van der Waals surface area contributed by atoms with Gasteiger partial charge in [0.1, 0.15) is 5.78 Å². The van der Waals surface area contributed by atoms with Gasteiger partial charge in [0.25, 0.3) is 0 Å². The van der Waals surface area contributed by atoms with E-state index in [1.165, 1.54) is 6.42 Å². The van der Waals surface area contributed by atoms with Crippen LogP contribution in [0.4, 0.5) is 0 Å². The van der Waals surface area contributed by atoms with Crippen LogP contribution in [0.25, 0.3) is 0 Å². The molecule has 2 fully saturated rings. The van der Waals surface area contributed by atoms with Crippen LogP contribution < -0.4 is 0 Å². The zero-order valence-electron chi connectivity index (χ0n) is 10.2. The maximum Gasteiger partial charge on any atom is 0.181 e. The largest absolute Gasteiger partial charge is 0.346 e. The van der Waals surface area contributed by atoms with E-state index in [0.717, 1.165) is 32.1 Å². The molecular formula is C14H20O3. The van der Waals surface area contributed by atoms with E-state index < -0.39 is 11.2 Å². The fourth-order valence-electron chi connectivity index (χ4n) is 3.66. The molecule has 0 bridgehead atoms. The number of allylic oxidation sites excluding steroid dienone is 2. The summed E-state index contributed by atoms with van der Waals surface area (Å²) in [6.45, 7) is 1.28. The molecule has 3 rings (SSSR count). The molecule has 1 saturated heterocycles. The average molecular weight is 236 g/mol. The third-order valence-corrected chi connectivity index (χ3v) is 4.56. The molecule has 1 aliphatic heterocycles. The molecule has 0 aromatic heterocycles. The van der Waals surface area contributed by atoms with Crippen LogP contribution >= 0.6 is 0 Å². The standard InChI is InChI=1S/C14H20O3/c15-12-6-2-5-8-13(12)7-3-1-4-9-14(13)16-10-11-17-14/h2,5H,1,3-4,6-11H2/t13-/m0/s1. The minimum absolute atomic E-state index is 0.323. The van der Waals surface area contributed by atoms with Gasteiger partial charge in [-0.15, -0.1) is 0 Å². The molecule has 3 nitrogen and oxygen atoms in total. The SMILES string of the molecule is O=C1CC=CC[C@@]12CCCCCC21OCCO1. The second kappa shape index (κ2) is 4.21. The lowest BCUT2D eigenvalue weighted by Crippen LogP contribution is -2.54. The van der Waals surface area contributed by atoms with E-state index in [-0.39, 0.29) is 0 Å². The van der Waals surface area contributed by atoms with Crippen LogP contribution in [-0.2, 0) is 14.3 Å². The Morgan fingerprint density at radius 3 is 2.53 bits per heavy atom. The van der Waals surface area contributed by atoms with Gasteiger partial charge in [-0.2, -0.15) is 0 Å². The molecule has 0 radical (unpaired) electrons. The molecule has 0 aromatic rings.